The van der Waals surface area contributed by atoms with Gasteiger partial charge in [-0.25, -0.2) is 4.79 Å². The summed E-state index contributed by atoms with van der Waals surface area (Å²) >= 11 is 4.27. The number of hydrogen-bond acceptors (Lipinski definition) is 4. The Hall–Kier alpha value is -0.750. The smallest absolute Gasteiger partial charge is 0.407 e. The minimum absolute atomic E-state index is 0.0220. The summed E-state index contributed by atoms with van der Waals surface area (Å²) in [5, 5.41) is 2.55. The van der Waals surface area contributed by atoms with Gasteiger partial charge in [-0.1, -0.05) is 29.3 Å². The van der Waals surface area contributed by atoms with Crippen molar-refractivity contribution >= 4 is 38.9 Å². The SMILES string of the molecule is CCCCNC(=O)OCC1=C/C(=C/Br)SC1=O. The van der Waals surface area contributed by atoms with Crippen LogP contribution in [-0.2, 0) is 9.53 Å². The summed E-state index contributed by atoms with van der Waals surface area (Å²) in [6, 6.07) is 0. The summed E-state index contributed by atoms with van der Waals surface area (Å²) in [7, 11) is 0. The average Bonchev–Trinajstić information content (AvgIpc) is 2.68. The summed E-state index contributed by atoms with van der Waals surface area (Å²) in [4.78, 5) is 25.2. The van der Waals surface area contributed by atoms with E-state index >= 15 is 0 Å². The van der Waals surface area contributed by atoms with Crippen molar-refractivity contribution in [3.05, 3.63) is 21.5 Å². The van der Waals surface area contributed by atoms with Crippen LogP contribution in [0.1, 0.15) is 19.8 Å². The van der Waals surface area contributed by atoms with Gasteiger partial charge in [0.2, 0.25) is 5.12 Å². The van der Waals surface area contributed by atoms with Crippen LogP contribution < -0.4 is 5.32 Å². The molecule has 1 rings (SSSR count). The monoisotopic (exact) mass is 319 g/mol. The van der Waals surface area contributed by atoms with E-state index in [2.05, 4.69) is 21.2 Å². The van der Waals surface area contributed by atoms with Crippen LogP contribution in [0.5, 0.6) is 0 Å². The molecule has 17 heavy (non-hydrogen) atoms. The number of carbonyl (C=O) groups excluding carboxylic acids is 2. The first-order chi connectivity index (χ1) is 8.17. The largest absolute Gasteiger partial charge is 0.445 e. The lowest BCUT2D eigenvalue weighted by Crippen LogP contribution is -2.26. The van der Waals surface area contributed by atoms with Crippen LogP contribution in [0, 0.1) is 0 Å². The third kappa shape index (κ3) is 4.95. The van der Waals surface area contributed by atoms with E-state index in [9.17, 15) is 9.59 Å². The van der Waals surface area contributed by atoms with Gasteiger partial charge in [-0.2, -0.15) is 0 Å². The fourth-order valence-corrected chi connectivity index (χ4v) is 2.27. The molecule has 1 amide bonds. The Bertz CT molecular complexity index is 366. The zero-order valence-electron chi connectivity index (χ0n) is 9.49. The van der Waals surface area contributed by atoms with Gasteiger partial charge in [0.25, 0.3) is 0 Å². The van der Waals surface area contributed by atoms with Crippen molar-refractivity contribution in [3.63, 3.8) is 0 Å². The second kappa shape index (κ2) is 7.55. The molecule has 0 radical (unpaired) electrons. The Morgan fingerprint density at radius 3 is 3.00 bits per heavy atom. The number of ether oxygens (including phenoxy) is 1. The second-order valence-corrected chi connectivity index (χ2v) is 4.93. The predicted octanol–water partition coefficient (Wildman–Crippen LogP) is 2.95. The van der Waals surface area contributed by atoms with Gasteiger partial charge in [0.05, 0.1) is 0 Å². The molecule has 94 valence electrons. The van der Waals surface area contributed by atoms with Gasteiger partial charge in [-0.15, -0.1) is 0 Å². The van der Waals surface area contributed by atoms with Crippen LogP contribution in [0.4, 0.5) is 4.79 Å². The summed E-state index contributed by atoms with van der Waals surface area (Å²) < 4.78 is 4.94. The third-order valence-corrected chi connectivity index (χ3v) is 3.77. The Morgan fingerprint density at radius 1 is 1.65 bits per heavy atom. The van der Waals surface area contributed by atoms with E-state index in [0.717, 1.165) is 29.5 Å². The fourth-order valence-electron chi connectivity index (χ4n) is 1.15. The summed E-state index contributed by atoms with van der Waals surface area (Å²) in [5.74, 6) is 0. The molecule has 0 unspecified atom stereocenters. The molecule has 1 aliphatic heterocycles. The zero-order chi connectivity index (χ0) is 12.7. The quantitative estimate of drug-likeness (QED) is 0.791. The molecular formula is C11H14BrNO3S. The van der Waals surface area contributed by atoms with Gasteiger partial charge >= 0.3 is 6.09 Å². The fraction of sp³-hybridized carbons (Fsp3) is 0.455. The number of alkyl carbamates (subject to hydrolysis) is 1. The molecule has 1 N–H and O–H groups in total. The van der Waals surface area contributed by atoms with Crippen molar-refractivity contribution in [2.45, 2.75) is 19.8 Å². The van der Waals surface area contributed by atoms with Crippen molar-refractivity contribution < 1.29 is 14.3 Å². The number of thioether (sulfide) groups is 1. The maximum absolute atomic E-state index is 11.4. The molecule has 1 heterocycles. The highest BCUT2D eigenvalue weighted by atomic mass is 79.9. The van der Waals surface area contributed by atoms with E-state index in [4.69, 9.17) is 4.74 Å². The summed E-state index contributed by atoms with van der Waals surface area (Å²) in [6.45, 7) is 2.66. The number of unbranched alkanes of at least 4 members (excludes halogenated alkanes) is 1. The van der Waals surface area contributed by atoms with Crippen LogP contribution in [0.25, 0.3) is 0 Å². The van der Waals surface area contributed by atoms with Crippen LogP contribution in [0.15, 0.2) is 21.5 Å². The Balaban J connectivity index is 2.31. The topological polar surface area (TPSA) is 55.4 Å². The molecule has 0 fully saturated rings. The number of rotatable bonds is 5. The van der Waals surface area contributed by atoms with E-state index in [0.29, 0.717) is 12.1 Å². The first-order valence-electron chi connectivity index (χ1n) is 5.31. The third-order valence-electron chi connectivity index (χ3n) is 2.06. The molecule has 0 aromatic heterocycles. The predicted molar refractivity (Wildman–Crippen MR) is 71.9 cm³/mol. The number of amides is 1. The van der Waals surface area contributed by atoms with Crippen molar-refractivity contribution in [1.29, 1.82) is 0 Å². The van der Waals surface area contributed by atoms with Crippen molar-refractivity contribution in [1.82, 2.24) is 5.32 Å². The van der Waals surface area contributed by atoms with Gasteiger partial charge in [-0.05, 0) is 29.2 Å². The van der Waals surface area contributed by atoms with Gasteiger partial charge in [-0.3, -0.25) is 4.79 Å². The van der Waals surface area contributed by atoms with Crippen LogP contribution in [0.2, 0.25) is 0 Å². The summed E-state index contributed by atoms with van der Waals surface area (Å²) in [5.41, 5.74) is 0.506. The first kappa shape index (κ1) is 14.3. The zero-order valence-corrected chi connectivity index (χ0v) is 11.9. The van der Waals surface area contributed by atoms with E-state index < -0.39 is 6.09 Å². The van der Waals surface area contributed by atoms with Gasteiger partial charge < -0.3 is 10.1 Å². The van der Waals surface area contributed by atoms with E-state index in [1.165, 1.54) is 0 Å². The Kier molecular flexibility index (Phi) is 6.36. The molecule has 6 heteroatoms. The molecule has 0 saturated heterocycles. The standard InChI is InChI=1S/C11H14BrNO3S/c1-2-3-4-13-11(15)16-7-8-5-9(6-12)17-10(8)14/h5-6H,2-4,7H2,1H3,(H,13,15)/b9-6-. The number of nitrogens with one attached hydrogen (secondary N) is 1. The molecule has 1 aliphatic rings. The highest BCUT2D eigenvalue weighted by molar-refractivity contribution is 9.11. The molecule has 0 aromatic rings. The molecule has 0 bridgehead atoms. The lowest BCUT2D eigenvalue weighted by molar-refractivity contribution is -0.108. The van der Waals surface area contributed by atoms with E-state index in [1.54, 1.807) is 11.1 Å². The minimum atomic E-state index is -0.478. The molecule has 0 saturated carbocycles. The molecule has 0 aromatic carbocycles. The minimum Gasteiger partial charge on any atom is -0.445 e. The second-order valence-electron chi connectivity index (χ2n) is 3.43. The molecule has 0 aliphatic carbocycles. The normalized spacial score (nSPS) is 17.2. The number of allylic oxidation sites excluding steroid dienone is 1. The van der Waals surface area contributed by atoms with Gasteiger partial charge in [0.1, 0.15) is 6.61 Å². The van der Waals surface area contributed by atoms with Crippen molar-refractivity contribution in [3.8, 4) is 0 Å². The highest BCUT2D eigenvalue weighted by Crippen LogP contribution is 2.31. The lowest BCUT2D eigenvalue weighted by atomic mass is 10.3. The maximum Gasteiger partial charge on any atom is 0.407 e. The van der Waals surface area contributed by atoms with Crippen LogP contribution >= 0.6 is 27.7 Å². The maximum atomic E-state index is 11.4. The van der Waals surface area contributed by atoms with Crippen molar-refractivity contribution in [2.75, 3.05) is 13.2 Å². The Morgan fingerprint density at radius 2 is 2.41 bits per heavy atom. The van der Waals surface area contributed by atoms with E-state index in [1.807, 2.05) is 6.92 Å². The first-order valence-corrected chi connectivity index (χ1v) is 7.04. The molecule has 0 atom stereocenters. The number of carbonyl (C=O) groups is 2. The highest BCUT2D eigenvalue weighted by Gasteiger charge is 2.20. The van der Waals surface area contributed by atoms with Crippen LogP contribution in [0.3, 0.4) is 0 Å². The number of hydrogen-bond donors (Lipinski definition) is 1. The Labute approximate surface area is 113 Å². The summed E-state index contributed by atoms with van der Waals surface area (Å²) in [6.07, 6.45) is 3.16. The van der Waals surface area contributed by atoms with E-state index in [-0.39, 0.29) is 11.7 Å². The molecule has 0 spiro atoms. The molecule has 4 nitrogen and oxygen atoms in total. The number of halogens is 1. The van der Waals surface area contributed by atoms with Crippen molar-refractivity contribution in [2.24, 2.45) is 0 Å². The lowest BCUT2D eigenvalue weighted by Gasteiger charge is -2.05. The van der Waals surface area contributed by atoms with Crippen LogP contribution in [-0.4, -0.2) is 24.4 Å². The van der Waals surface area contributed by atoms with Gasteiger partial charge in [0.15, 0.2) is 0 Å². The average molecular weight is 320 g/mol. The molecular weight excluding hydrogens is 306 g/mol. The van der Waals surface area contributed by atoms with Gasteiger partial charge in [0, 0.05) is 17.0 Å².